The van der Waals surface area contributed by atoms with Gasteiger partial charge in [-0.25, -0.2) is 14.6 Å². The predicted molar refractivity (Wildman–Crippen MR) is 105 cm³/mol. The van der Waals surface area contributed by atoms with Gasteiger partial charge in [0.2, 0.25) is 0 Å². The SMILES string of the molecule is Cc1cc(/C=C/C(=O)OC(C)C(=O)NC(=O)NC2CC2)c(C)n1-c1nccs1. The fourth-order valence-corrected chi connectivity index (χ4v) is 3.42. The van der Waals surface area contributed by atoms with E-state index in [1.165, 1.54) is 24.3 Å². The van der Waals surface area contributed by atoms with E-state index in [-0.39, 0.29) is 6.04 Å². The Bertz CT molecular complexity index is 913. The van der Waals surface area contributed by atoms with Crippen LogP contribution in [0.5, 0.6) is 0 Å². The van der Waals surface area contributed by atoms with Crippen LogP contribution in [0.15, 0.2) is 23.7 Å². The maximum absolute atomic E-state index is 12.0. The second-order valence-corrected chi connectivity index (χ2v) is 7.50. The fourth-order valence-electron chi connectivity index (χ4n) is 2.66. The maximum atomic E-state index is 12.0. The smallest absolute Gasteiger partial charge is 0.331 e. The molecule has 1 aliphatic rings. The van der Waals surface area contributed by atoms with Crippen molar-refractivity contribution in [1.29, 1.82) is 0 Å². The summed E-state index contributed by atoms with van der Waals surface area (Å²) in [6.45, 7) is 5.32. The van der Waals surface area contributed by atoms with Crippen LogP contribution in [0.2, 0.25) is 0 Å². The number of carbonyl (C=O) groups is 3. The molecule has 1 aliphatic carbocycles. The lowest BCUT2D eigenvalue weighted by molar-refractivity contribution is -0.149. The number of aromatic nitrogens is 2. The topological polar surface area (TPSA) is 102 Å². The normalized spacial score (nSPS) is 14.7. The van der Waals surface area contributed by atoms with Crippen LogP contribution in [0.1, 0.15) is 36.7 Å². The van der Waals surface area contributed by atoms with E-state index in [2.05, 4.69) is 15.6 Å². The van der Waals surface area contributed by atoms with Gasteiger partial charge in [0.1, 0.15) is 0 Å². The summed E-state index contributed by atoms with van der Waals surface area (Å²) >= 11 is 1.52. The summed E-state index contributed by atoms with van der Waals surface area (Å²) in [5.74, 6) is -1.33. The third-order valence-electron chi connectivity index (χ3n) is 4.29. The van der Waals surface area contributed by atoms with Crippen molar-refractivity contribution in [1.82, 2.24) is 20.2 Å². The average Bonchev–Trinajstić information content (AvgIpc) is 3.18. The van der Waals surface area contributed by atoms with E-state index in [1.54, 1.807) is 12.3 Å². The Morgan fingerprint density at radius 3 is 2.75 bits per heavy atom. The Labute approximate surface area is 166 Å². The molecule has 2 N–H and O–H groups in total. The number of ether oxygens (including phenoxy) is 1. The summed E-state index contributed by atoms with van der Waals surface area (Å²) in [6.07, 6.45) is 5.40. The molecule has 0 aromatic carbocycles. The van der Waals surface area contributed by atoms with E-state index in [4.69, 9.17) is 4.74 Å². The molecule has 0 aliphatic heterocycles. The predicted octanol–water partition coefficient (Wildman–Crippen LogP) is 2.48. The zero-order chi connectivity index (χ0) is 20.3. The van der Waals surface area contributed by atoms with Gasteiger partial charge in [-0.3, -0.25) is 14.7 Å². The molecule has 1 unspecified atom stereocenters. The second-order valence-electron chi connectivity index (χ2n) is 6.63. The number of aryl methyl sites for hydroxylation is 1. The van der Waals surface area contributed by atoms with Crippen LogP contribution in [0, 0.1) is 13.8 Å². The molecule has 3 rings (SSSR count). The van der Waals surface area contributed by atoms with Crippen molar-refractivity contribution >= 4 is 35.3 Å². The molecular weight excluding hydrogens is 380 g/mol. The van der Waals surface area contributed by atoms with E-state index < -0.39 is 24.0 Å². The lowest BCUT2D eigenvalue weighted by Gasteiger charge is -2.12. The van der Waals surface area contributed by atoms with Crippen molar-refractivity contribution in [3.63, 3.8) is 0 Å². The van der Waals surface area contributed by atoms with Crippen LogP contribution < -0.4 is 10.6 Å². The summed E-state index contributed by atoms with van der Waals surface area (Å²) in [6, 6.07) is 1.51. The number of urea groups is 1. The number of thiazole rings is 1. The molecule has 2 aromatic heterocycles. The van der Waals surface area contributed by atoms with Gasteiger partial charge in [0.25, 0.3) is 5.91 Å². The summed E-state index contributed by atoms with van der Waals surface area (Å²) in [4.78, 5) is 39.8. The Morgan fingerprint density at radius 2 is 2.11 bits per heavy atom. The van der Waals surface area contributed by atoms with Crippen LogP contribution in [0.4, 0.5) is 4.79 Å². The number of nitrogens with zero attached hydrogens (tertiary/aromatic N) is 2. The Morgan fingerprint density at radius 1 is 1.36 bits per heavy atom. The number of rotatable bonds is 6. The molecule has 9 heteroatoms. The monoisotopic (exact) mass is 402 g/mol. The number of esters is 1. The number of nitrogens with one attached hydrogen (secondary N) is 2. The van der Waals surface area contributed by atoms with Crippen LogP contribution in [-0.4, -0.2) is 39.6 Å². The van der Waals surface area contributed by atoms with E-state index >= 15 is 0 Å². The van der Waals surface area contributed by atoms with Gasteiger partial charge in [-0.1, -0.05) is 0 Å². The molecule has 28 heavy (non-hydrogen) atoms. The van der Waals surface area contributed by atoms with Crippen molar-refractivity contribution in [2.75, 3.05) is 0 Å². The maximum Gasteiger partial charge on any atom is 0.331 e. The van der Waals surface area contributed by atoms with E-state index in [0.29, 0.717) is 0 Å². The van der Waals surface area contributed by atoms with Crippen LogP contribution >= 0.6 is 11.3 Å². The van der Waals surface area contributed by atoms with Gasteiger partial charge in [-0.15, -0.1) is 11.3 Å². The molecule has 1 atom stereocenters. The first-order valence-corrected chi connectivity index (χ1v) is 9.82. The molecule has 0 radical (unpaired) electrons. The molecule has 0 saturated heterocycles. The Kier molecular flexibility index (Phi) is 5.93. The van der Waals surface area contributed by atoms with Crippen LogP contribution in [-0.2, 0) is 14.3 Å². The van der Waals surface area contributed by atoms with Crippen LogP contribution in [0.3, 0.4) is 0 Å². The van der Waals surface area contributed by atoms with Crippen molar-refractivity contribution in [3.05, 3.63) is 40.7 Å². The number of amides is 3. The van der Waals surface area contributed by atoms with Crippen molar-refractivity contribution < 1.29 is 19.1 Å². The molecule has 0 spiro atoms. The molecule has 3 amide bonds. The van der Waals surface area contributed by atoms with Crippen molar-refractivity contribution in [2.45, 2.75) is 45.8 Å². The minimum Gasteiger partial charge on any atom is -0.449 e. The largest absolute Gasteiger partial charge is 0.449 e. The first-order valence-electron chi connectivity index (χ1n) is 8.94. The number of carbonyl (C=O) groups excluding carboxylic acids is 3. The summed E-state index contributed by atoms with van der Waals surface area (Å²) in [5.41, 5.74) is 2.79. The minimum absolute atomic E-state index is 0.136. The van der Waals surface area contributed by atoms with E-state index in [1.807, 2.05) is 29.9 Å². The molecule has 148 valence electrons. The summed E-state index contributed by atoms with van der Waals surface area (Å²) in [5, 5.41) is 7.55. The number of imide groups is 1. The van der Waals surface area contributed by atoms with Crippen LogP contribution in [0.25, 0.3) is 11.2 Å². The third-order valence-corrected chi connectivity index (χ3v) is 5.05. The molecule has 0 bridgehead atoms. The van der Waals surface area contributed by atoms with E-state index in [9.17, 15) is 14.4 Å². The highest BCUT2D eigenvalue weighted by Gasteiger charge is 2.25. The summed E-state index contributed by atoms with van der Waals surface area (Å²) in [7, 11) is 0. The Hall–Kier alpha value is -2.94. The first kappa shape index (κ1) is 19.8. The molecule has 1 fully saturated rings. The van der Waals surface area contributed by atoms with Gasteiger partial charge in [0.05, 0.1) is 0 Å². The molecule has 1 saturated carbocycles. The number of hydrogen-bond acceptors (Lipinski definition) is 6. The van der Waals surface area contributed by atoms with Crippen molar-refractivity contribution in [3.8, 4) is 5.13 Å². The van der Waals surface area contributed by atoms with Gasteiger partial charge >= 0.3 is 12.0 Å². The van der Waals surface area contributed by atoms with Gasteiger partial charge in [0, 0.05) is 35.1 Å². The third kappa shape index (κ3) is 4.86. The van der Waals surface area contributed by atoms with Gasteiger partial charge in [-0.2, -0.15) is 0 Å². The Balaban J connectivity index is 1.57. The van der Waals surface area contributed by atoms with Gasteiger partial charge in [0.15, 0.2) is 11.2 Å². The average molecular weight is 402 g/mol. The molecule has 2 aromatic rings. The highest BCUT2D eigenvalue weighted by atomic mass is 32.1. The standard InChI is InChI=1S/C19H22N4O4S/c1-11-10-14(12(2)23(11)19-20-8-9-28-19)4-7-16(24)27-13(3)17(25)22-18(26)21-15-5-6-15/h4,7-10,13,15H,5-6H2,1-3H3,(H2,21,22,25,26)/b7-4+. The zero-order valence-electron chi connectivity index (χ0n) is 15.9. The molecule has 8 nitrogen and oxygen atoms in total. The highest BCUT2D eigenvalue weighted by Crippen LogP contribution is 2.23. The van der Waals surface area contributed by atoms with E-state index in [0.717, 1.165) is 34.9 Å². The second kappa shape index (κ2) is 8.39. The molecular formula is C19H22N4O4S. The zero-order valence-corrected chi connectivity index (χ0v) is 16.7. The van der Waals surface area contributed by atoms with Gasteiger partial charge < -0.3 is 10.1 Å². The minimum atomic E-state index is -1.08. The lowest BCUT2D eigenvalue weighted by Crippen LogP contribution is -2.45. The van der Waals surface area contributed by atoms with Crippen molar-refractivity contribution in [2.24, 2.45) is 0 Å². The fraction of sp³-hybridized carbons (Fsp3) is 0.368. The first-order chi connectivity index (χ1) is 13.3. The number of hydrogen-bond donors (Lipinski definition) is 2. The van der Waals surface area contributed by atoms with Gasteiger partial charge in [-0.05, 0) is 51.3 Å². The quantitative estimate of drug-likeness (QED) is 0.571. The summed E-state index contributed by atoms with van der Waals surface area (Å²) < 4.78 is 7.07. The molecule has 2 heterocycles. The lowest BCUT2D eigenvalue weighted by atomic mass is 10.2. The highest BCUT2D eigenvalue weighted by molar-refractivity contribution is 7.12.